The first kappa shape index (κ1) is 17.8. The van der Waals surface area contributed by atoms with Gasteiger partial charge in [-0.15, -0.1) is 0 Å². The van der Waals surface area contributed by atoms with Crippen LogP contribution in [-0.2, 0) is 0 Å². The maximum Gasteiger partial charge on any atom is 0.248 e. The first-order valence-electron chi connectivity index (χ1n) is 9.05. The summed E-state index contributed by atoms with van der Waals surface area (Å²) in [6.45, 7) is 0.619. The van der Waals surface area contributed by atoms with Gasteiger partial charge in [0.15, 0.2) is 11.7 Å². The number of nitrogens with two attached hydrogens (primary N) is 1. The molecular weight excluding hydrogens is 352 g/mol. The standard InChI is InChI=1S/C21H22N6O/c1-26(2)17-5-3-4-16(12-17)25-20-21-24-13-18(27(21)11-10-23-20)14-6-8-15(9-7-14)19(22)28/h3-12,18H,13H2,1-2H3,(H2,22,28)(H,23,25). The highest BCUT2D eigenvalue weighted by atomic mass is 16.1. The van der Waals surface area contributed by atoms with E-state index in [1.165, 1.54) is 0 Å². The lowest BCUT2D eigenvalue weighted by molar-refractivity contribution is 0.100. The second kappa shape index (κ2) is 7.19. The van der Waals surface area contributed by atoms with E-state index in [1.54, 1.807) is 18.3 Å². The van der Waals surface area contributed by atoms with Gasteiger partial charge in [0.2, 0.25) is 5.91 Å². The number of amidine groups is 2. The predicted octanol–water partition coefficient (Wildman–Crippen LogP) is 2.60. The first-order valence-corrected chi connectivity index (χ1v) is 9.05. The number of amides is 1. The average Bonchev–Trinajstić information content (AvgIpc) is 3.13. The molecule has 7 nitrogen and oxygen atoms in total. The number of hydrogen-bond acceptors (Lipinski definition) is 6. The zero-order valence-electron chi connectivity index (χ0n) is 15.8. The smallest absolute Gasteiger partial charge is 0.248 e. The number of rotatable bonds is 4. The highest BCUT2D eigenvalue weighted by Crippen LogP contribution is 2.29. The molecule has 0 saturated carbocycles. The Balaban J connectivity index is 1.53. The highest BCUT2D eigenvalue weighted by Gasteiger charge is 2.32. The van der Waals surface area contributed by atoms with Crippen LogP contribution in [-0.4, -0.2) is 43.1 Å². The Morgan fingerprint density at radius 2 is 2.00 bits per heavy atom. The Morgan fingerprint density at radius 3 is 2.71 bits per heavy atom. The second-order valence-electron chi connectivity index (χ2n) is 6.92. The molecule has 1 unspecified atom stereocenters. The molecule has 142 valence electrons. The molecule has 1 atom stereocenters. The Morgan fingerprint density at radius 1 is 1.21 bits per heavy atom. The molecule has 2 aromatic rings. The molecule has 0 aliphatic carbocycles. The summed E-state index contributed by atoms with van der Waals surface area (Å²) in [6, 6.07) is 15.6. The molecule has 4 rings (SSSR count). The van der Waals surface area contributed by atoms with Gasteiger partial charge in [0.05, 0.1) is 12.6 Å². The number of carbonyl (C=O) groups is 1. The summed E-state index contributed by atoms with van der Waals surface area (Å²) in [4.78, 5) is 24.6. The third-order valence-electron chi connectivity index (χ3n) is 4.84. The third kappa shape index (κ3) is 3.34. The van der Waals surface area contributed by atoms with Gasteiger partial charge in [-0.2, -0.15) is 0 Å². The van der Waals surface area contributed by atoms with E-state index in [1.807, 2.05) is 44.6 Å². The van der Waals surface area contributed by atoms with Gasteiger partial charge < -0.3 is 20.9 Å². The van der Waals surface area contributed by atoms with E-state index in [-0.39, 0.29) is 6.04 Å². The van der Waals surface area contributed by atoms with Crippen LogP contribution in [0.5, 0.6) is 0 Å². The lowest BCUT2D eigenvalue weighted by atomic mass is 10.0. The van der Waals surface area contributed by atoms with Gasteiger partial charge in [0.25, 0.3) is 0 Å². The molecule has 7 heteroatoms. The molecule has 0 bridgehead atoms. The minimum atomic E-state index is -0.425. The van der Waals surface area contributed by atoms with Crippen LogP contribution < -0.4 is 16.0 Å². The number of hydrogen-bond donors (Lipinski definition) is 2. The lowest BCUT2D eigenvalue weighted by Gasteiger charge is -2.27. The molecule has 0 saturated heterocycles. The van der Waals surface area contributed by atoms with Crippen LogP contribution in [0.4, 0.5) is 11.4 Å². The van der Waals surface area contributed by atoms with Gasteiger partial charge >= 0.3 is 0 Å². The molecule has 2 aliphatic rings. The molecule has 0 radical (unpaired) electrons. The van der Waals surface area contributed by atoms with E-state index >= 15 is 0 Å². The van der Waals surface area contributed by atoms with Crippen molar-refractivity contribution in [1.29, 1.82) is 0 Å². The van der Waals surface area contributed by atoms with Crippen molar-refractivity contribution in [2.24, 2.45) is 15.7 Å². The van der Waals surface area contributed by atoms with Crippen LogP contribution in [0.1, 0.15) is 22.0 Å². The zero-order chi connectivity index (χ0) is 19.7. The number of nitrogens with one attached hydrogen (secondary N) is 1. The van der Waals surface area contributed by atoms with Gasteiger partial charge in [-0.25, -0.2) is 4.99 Å². The van der Waals surface area contributed by atoms with E-state index in [0.29, 0.717) is 12.1 Å². The fourth-order valence-corrected chi connectivity index (χ4v) is 3.32. The van der Waals surface area contributed by atoms with Crippen molar-refractivity contribution in [3.63, 3.8) is 0 Å². The number of fused-ring (bicyclic) bond motifs is 1. The van der Waals surface area contributed by atoms with E-state index in [9.17, 15) is 4.79 Å². The van der Waals surface area contributed by atoms with Gasteiger partial charge in [0.1, 0.15) is 0 Å². The average molecular weight is 374 g/mol. The Kier molecular flexibility index (Phi) is 4.57. The minimum Gasteiger partial charge on any atom is -0.378 e. The SMILES string of the molecule is CN(C)c1cccc(NC2=NC=CN3C2=NCC3c2ccc(C(N)=O)cc2)c1. The molecule has 3 N–H and O–H groups in total. The summed E-state index contributed by atoms with van der Waals surface area (Å²) >= 11 is 0. The number of benzene rings is 2. The zero-order valence-corrected chi connectivity index (χ0v) is 15.8. The number of anilines is 2. The normalized spacial score (nSPS) is 17.6. The quantitative estimate of drug-likeness (QED) is 0.861. The molecular formula is C21H22N6O. The molecule has 0 fully saturated rings. The van der Waals surface area contributed by atoms with Gasteiger partial charge in [-0.3, -0.25) is 9.79 Å². The third-order valence-corrected chi connectivity index (χ3v) is 4.84. The highest BCUT2D eigenvalue weighted by molar-refractivity contribution is 6.45. The maximum atomic E-state index is 11.3. The number of aliphatic imine (C=N–C) groups is 2. The maximum absolute atomic E-state index is 11.3. The number of nitrogens with zero attached hydrogens (tertiary/aromatic N) is 4. The van der Waals surface area contributed by atoms with Crippen LogP contribution in [0.15, 0.2) is 70.9 Å². The van der Waals surface area contributed by atoms with Crippen LogP contribution in [0.25, 0.3) is 0 Å². The van der Waals surface area contributed by atoms with Crippen molar-refractivity contribution < 1.29 is 4.79 Å². The first-order chi connectivity index (χ1) is 13.5. The van der Waals surface area contributed by atoms with E-state index in [4.69, 9.17) is 10.7 Å². The fraction of sp³-hybridized carbons (Fsp3) is 0.190. The van der Waals surface area contributed by atoms with Crippen LogP contribution in [0.3, 0.4) is 0 Å². The van der Waals surface area contributed by atoms with Crippen molar-refractivity contribution >= 4 is 29.0 Å². The van der Waals surface area contributed by atoms with E-state index < -0.39 is 5.91 Å². The molecule has 2 aromatic carbocycles. The fourth-order valence-electron chi connectivity index (χ4n) is 3.32. The van der Waals surface area contributed by atoms with Crippen molar-refractivity contribution in [2.75, 3.05) is 30.9 Å². The van der Waals surface area contributed by atoms with Crippen molar-refractivity contribution in [3.8, 4) is 0 Å². The van der Waals surface area contributed by atoms with Crippen molar-refractivity contribution in [1.82, 2.24) is 4.90 Å². The van der Waals surface area contributed by atoms with Crippen LogP contribution in [0.2, 0.25) is 0 Å². The monoisotopic (exact) mass is 374 g/mol. The topological polar surface area (TPSA) is 86.3 Å². The molecule has 0 spiro atoms. The summed E-state index contributed by atoms with van der Waals surface area (Å²) in [5.74, 6) is 1.10. The number of primary amides is 1. The van der Waals surface area contributed by atoms with Gasteiger partial charge in [0, 0.05) is 43.4 Å². The van der Waals surface area contributed by atoms with Crippen LogP contribution in [0, 0.1) is 0 Å². The Hall–Kier alpha value is -3.61. The largest absolute Gasteiger partial charge is 0.378 e. The summed E-state index contributed by atoms with van der Waals surface area (Å²) in [6.07, 6.45) is 3.70. The number of carbonyl (C=O) groups excluding carboxylic acids is 1. The molecule has 1 amide bonds. The van der Waals surface area contributed by atoms with Gasteiger partial charge in [-0.1, -0.05) is 18.2 Å². The molecule has 2 heterocycles. The molecule has 0 aromatic heterocycles. The summed E-state index contributed by atoms with van der Waals surface area (Å²) in [5.41, 5.74) is 8.97. The minimum absolute atomic E-state index is 0.0635. The molecule has 2 aliphatic heterocycles. The summed E-state index contributed by atoms with van der Waals surface area (Å²) in [5, 5.41) is 3.38. The van der Waals surface area contributed by atoms with E-state index in [2.05, 4.69) is 32.2 Å². The van der Waals surface area contributed by atoms with Crippen LogP contribution >= 0.6 is 0 Å². The van der Waals surface area contributed by atoms with Crippen molar-refractivity contribution in [2.45, 2.75) is 6.04 Å². The Labute approximate surface area is 163 Å². The Bertz CT molecular complexity index is 990. The second-order valence-corrected chi connectivity index (χ2v) is 6.92. The molecule has 28 heavy (non-hydrogen) atoms. The van der Waals surface area contributed by atoms with E-state index in [0.717, 1.165) is 28.6 Å². The summed E-state index contributed by atoms with van der Waals surface area (Å²) in [7, 11) is 4.02. The van der Waals surface area contributed by atoms with Gasteiger partial charge in [-0.05, 0) is 35.9 Å². The lowest BCUT2D eigenvalue weighted by Crippen LogP contribution is -2.37. The summed E-state index contributed by atoms with van der Waals surface area (Å²) < 4.78 is 0. The predicted molar refractivity (Wildman–Crippen MR) is 113 cm³/mol. The van der Waals surface area contributed by atoms with Crippen molar-refractivity contribution in [3.05, 3.63) is 72.1 Å².